The summed E-state index contributed by atoms with van der Waals surface area (Å²) in [6, 6.07) is 20.1. The molecule has 0 spiro atoms. The molecule has 0 radical (unpaired) electrons. The average molecular weight is 458 g/mol. The van der Waals surface area contributed by atoms with E-state index in [0.29, 0.717) is 5.69 Å². The van der Waals surface area contributed by atoms with Crippen molar-refractivity contribution < 1.29 is 0 Å². The number of hydrogen-bond acceptors (Lipinski definition) is 3. The number of fused-ring (bicyclic) bond motifs is 5. The molecule has 6 bridgehead atoms. The smallest absolute Gasteiger partial charge is 0.141 e. The number of pyridine rings is 1. The lowest BCUT2D eigenvalue weighted by molar-refractivity contribution is 0.786. The van der Waals surface area contributed by atoms with Gasteiger partial charge in [-0.15, -0.1) is 0 Å². The Morgan fingerprint density at radius 1 is 0.943 bits per heavy atom. The highest BCUT2D eigenvalue weighted by molar-refractivity contribution is 5.80. The summed E-state index contributed by atoms with van der Waals surface area (Å²) in [6.07, 6.45) is 11.1. The number of hydrogen-bond donors (Lipinski definition) is 0. The Morgan fingerprint density at radius 3 is 2.63 bits per heavy atom. The van der Waals surface area contributed by atoms with Gasteiger partial charge >= 0.3 is 0 Å². The summed E-state index contributed by atoms with van der Waals surface area (Å²) in [5, 5.41) is 9.64. The third-order valence-corrected chi connectivity index (χ3v) is 7.27. The number of nitriles is 1. The van der Waals surface area contributed by atoms with Crippen LogP contribution < -0.4 is 0 Å². The fourth-order valence-corrected chi connectivity index (χ4v) is 5.54. The lowest BCUT2D eigenvalue weighted by Gasteiger charge is -2.27. The van der Waals surface area contributed by atoms with E-state index in [4.69, 9.17) is 4.98 Å². The number of allylic oxidation sites excluding steroid dienone is 2. The normalized spacial score (nSPS) is 17.5. The van der Waals surface area contributed by atoms with Crippen molar-refractivity contribution in [3.05, 3.63) is 105 Å². The van der Waals surface area contributed by atoms with Crippen LogP contribution in [-0.2, 0) is 19.3 Å². The predicted octanol–water partition coefficient (Wildman–Crippen LogP) is 7.53. The average Bonchev–Trinajstić information content (AvgIpc) is 3.43. The minimum Gasteiger partial charge on any atom is -0.269 e. The van der Waals surface area contributed by atoms with E-state index in [1.54, 1.807) is 0 Å². The number of aliphatic imine (C=N–C) groups is 1. The first-order valence-electron chi connectivity index (χ1n) is 12.7. The van der Waals surface area contributed by atoms with E-state index in [1.165, 1.54) is 44.5 Å². The van der Waals surface area contributed by atoms with Gasteiger partial charge in [-0.3, -0.25) is 4.99 Å². The molecule has 0 amide bonds. The highest BCUT2D eigenvalue weighted by Gasteiger charge is 2.27. The van der Waals surface area contributed by atoms with Gasteiger partial charge < -0.3 is 0 Å². The second-order valence-electron chi connectivity index (χ2n) is 9.31. The topological polar surface area (TPSA) is 49.0 Å². The SMILES string of the molecule is CC.Cc1ccc2cc1CCc1cccc(c1)-c1cc(C#N)nc3c1C=C(CC3)C2C1=CN=CC1. The van der Waals surface area contributed by atoms with Gasteiger partial charge in [0.05, 0.1) is 5.69 Å². The zero-order valence-corrected chi connectivity index (χ0v) is 20.8. The molecule has 2 heterocycles. The molecule has 2 aliphatic carbocycles. The molecule has 1 atom stereocenters. The molecule has 3 nitrogen and oxygen atoms in total. The number of aromatic nitrogens is 1. The monoisotopic (exact) mass is 457 g/mol. The van der Waals surface area contributed by atoms with Crippen LogP contribution in [0, 0.1) is 18.3 Å². The van der Waals surface area contributed by atoms with Crippen LogP contribution in [0.1, 0.15) is 71.8 Å². The van der Waals surface area contributed by atoms with Crippen LogP contribution in [0.15, 0.2) is 70.9 Å². The van der Waals surface area contributed by atoms with Gasteiger partial charge in [0.2, 0.25) is 0 Å². The van der Waals surface area contributed by atoms with Crippen LogP contribution in [-0.4, -0.2) is 11.2 Å². The third-order valence-electron chi connectivity index (χ3n) is 7.27. The molecule has 3 heteroatoms. The Kier molecular flexibility index (Phi) is 6.47. The first-order chi connectivity index (χ1) is 17.2. The fourth-order valence-electron chi connectivity index (χ4n) is 5.54. The minimum absolute atomic E-state index is 0.229. The summed E-state index contributed by atoms with van der Waals surface area (Å²) in [6.45, 7) is 6.22. The standard InChI is InChI=1S/C30H25N3.C2H6/c1-19-5-7-23-14-21(19)8-6-20-3-2-4-22(13-20)27-16-26(17-31)33-29-10-9-24(15-28(27)29)30(23)25-11-12-32-18-25;1-2/h2-5,7,12-16,18,30H,6,8-11H2,1H3;1-2H3. The Morgan fingerprint density at radius 2 is 1.83 bits per heavy atom. The summed E-state index contributed by atoms with van der Waals surface area (Å²) in [5.41, 5.74) is 13.2. The molecule has 1 aliphatic heterocycles. The molecule has 1 unspecified atom stereocenters. The summed E-state index contributed by atoms with van der Waals surface area (Å²) in [5.74, 6) is 0.229. The minimum atomic E-state index is 0.229. The molecule has 3 aliphatic rings. The highest BCUT2D eigenvalue weighted by Crippen LogP contribution is 2.43. The van der Waals surface area contributed by atoms with E-state index < -0.39 is 0 Å². The van der Waals surface area contributed by atoms with Gasteiger partial charge in [0.25, 0.3) is 0 Å². The van der Waals surface area contributed by atoms with Crippen molar-refractivity contribution in [1.29, 1.82) is 5.26 Å². The van der Waals surface area contributed by atoms with Crippen LogP contribution in [0.4, 0.5) is 0 Å². The summed E-state index contributed by atoms with van der Waals surface area (Å²) >= 11 is 0. The van der Waals surface area contributed by atoms with E-state index in [9.17, 15) is 5.26 Å². The summed E-state index contributed by atoms with van der Waals surface area (Å²) in [4.78, 5) is 9.15. The first kappa shape index (κ1) is 23.0. The van der Waals surface area contributed by atoms with Crippen molar-refractivity contribution >= 4 is 12.3 Å². The van der Waals surface area contributed by atoms with E-state index in [-0.39, 0.29) is 5.92 Å². The van der Waals surface area contributed by atoms with Crippen molar-refractivity contribution in [3.63, 3.8) is 0 Å². The van der Waals surface area contributed by atoms with Crippen LogP contribution in [0.2, 0.25) is 0 Å². The van der Waals surface area contributed by atoms with Gasteiger partial charge in [0.15, 0.2) is 0 Å². The second-order valence-corrected chi connectivity index (χ2v) is 9.31. The number of benzene rings is 2. The van der Waals surface area contributed by atoms with Crippen molar-refractivity contribution in [2.24, 2.45) is 4.99 Å². The van der Waals surface area contributed by atoms with E-state index in [2.05, 4.69) is 72.7 Å². The van der Waals surface area contributed by atoms with Crippen molar-refractivity contribution in [3.8, 4) is 17.2 Å². The predicted molar refractivity (Wildman–Crippen MR) is 145 cm³/mol. The Labute approximate surface area is 208 Å². The largest absolute Gasteiger partial charge is 0.269 e. The third kappa shape index (κ3) is 4.37. The first-order valence-corrected chi connectivity index (χ1v) is 12.7. The van der Waals surface area contributed by atoms with Crippen molar-refractivity contribution in [2.75, 3.05) is 0 Å². The maximum absolute atomic E-state index is 9.64. The summed E-state index contributed by atoms with van der Waals surface area (Å²) < 4.78 is 0. The molecule has 1 aromatic heterocycles. The summed E-state index contributed by atoms with van der Waals surface area (Å²) in [7, 11) is 0. The maximum atomic E-state index is 9.64. The molecule has 6 rings (SSSR count). The molecule has 0 N–H and O–H groups in total. The van der Waals surface area contributed by atoms with E-state index in [0.717, 1.165) is 43.4 Å². The number of aryl methyl sites for hydroxylation is 4. The van der Waals surface area contributed by atoms with Gasteiger partial charge in [-0.2, -0.15) is 5.26 Å². The van der Waals surface area contributed by atoms with Crippen LogP contribution in [0.5, 0.6) is 0 Å². The van der Waals surface area contributed by atoms with Crippen LogP contribution in [0.25, 0.3) is 17.2 Å². The van der Waals surface area contributed by atoms with Gasteiger partial charge in [-0.25, -0.2) is 4.98 Å². The molecule has 35 heavy (non-hydrogen) atoms. The molecule has 0 saturated carbocycles. The van der Waals surface area contributed by atoms with Gasteiger partial charge in [-0.05, 0) is 77.6 Å². The lowest BCUT2D eigenvalue weighted by atomic mass is 9.77. The molecule has 2 aromatic carbocycles. The van der Waals surface area contributed by atoms with Gasteiger partial charge in [0.1, 0.15) is 11.8 Å². The highest BCUT2D eigenvalue weighted by atomic mass is 14.7. The Balaban J connectivity index is 0.00000124. The van der Waals surface area contributed by atoms with Gasteiger partial charge in [-0.1, -0.05) is 68.0 Å². The van der Waals surface area contributed by atoms with Crippen LogP contribution in [0.3, 0.4) is 0 Å². The quantitative estimate of drug-likeness (QED) is 0.379. The Hall–Kier alpha value is -3.77. The maximum Gasteiger partial charge on any atom is 0.141 e. The molecular formula is C32H31N3. The molecule has 0 saturated heterocycles. The van der Waals surface area contributed by atoms with Crippen LogP contribution >= 0.6 is 0 Å². The molecule has 174 valence electrons. The fraction of sp³-hybridized carbons (Fsp3) is 0.281. The van der Waals surface area contributed by atoms with Crippen molar-refractivity contribution in [1.82, 2.24) is 4.98 Å². The molecular weight excluding hydrogens is 426 g/mol. The van der Waals surface area contributed by atoms with E-state index in [1.807, 2.05) is 26.1 Å². The number of rotatable bonds is 1. The van der Waals surface area contributed by atoms with Crippen molar-refractivity contribution in [2.45, 2.75) is 58.8 Å². The zero-order chi connectivity index (χ0) is 24.4. The van der Waals surface area contributed by atoms with E-state index >= 15 is 0 Å². The molecule has 3 aromatic rings. The zero-order valence-electron chi connectivity index (χ0n) is 20.8. The second kappa shape index (κ2) is 9.84. The lowest BCUT2D eigenvalue weighted by Crippen LogP contribution is -2.13. The molecule has 0 fully saturated rings. The number of nitrogens with zero attached hydrogens (tertiary/aromatic N) is 3. The Bertz CT molecular complexity index is 1420. The van der Waals surface area contributed by atoms with Gasteiger partial charge in [0, 0.05) is 30.3 Å².